The van der Waals surface area contributed by atoms with Gasteiger partial charge < -0.3 is 20.1 Å². The number of aromatic amines is 1. The molecule has 0 aliphatic rings. The van der Waals surface area contributed by atoms with Crippen molar-refractivity contribution in [2.24, 2.45) is 0 Å². The Morgan fingerprint density at radius 1 is 1.18 bits per heavy atom. The molecule has 202 valence electrons. The molecule has 0 spiro atoms. The van der Waals surface area contributed by atoms with Gasteiger partial charge in [0.05, 0.1) is 27.9 Å². The molecule has 2 heterocycles. The number of halogens is 1. The lowest BCUT2D eigenvalue weighted by molar-refractivity contribution is -0.139. The number of aromatic nitrogens is 3. The van der Waals surface area contributed by atoms with E-state index in [0.717, 1.165) is 5.56 Å². The van der Waals surface area contributed by atoms with Gasteiger partial charge in [0.15, 0.2) is 0 Å². The van der Waals surface area contributed by atoms with E-state index in [4.69, 9.17) is 16.3 Å². The van der Waals surface area contributed by atoms with E-state index < -0.39 is 27.6 Å². The van der Waals surface area contributed by atoms with E-state index in [-0.39, 0.29) is 17.1 Å². The van der Waals surface area contributed by atoms with Gasteiger partial charge in [0.2, 0.25) is 10.0 Å². The maximum Gasteiger partial charge on any atom is 0.322 e. The number of hydrogen-bond donors (Lipinski definition) is 4. The van der Waals surface area contributed by atoms with Crippen LogP contribution in [0.25, 0.3) is 17.0 Å². The molecule has 2 aromatic heterocycles. The van der Waals surface area contributed by atoms with Crippen LogP contribution in [0.1, 0.15) is 11.4 Å². The van der Waals surface area contributed by atoms with Crippen LogP contribution in [0.2, 0.25) is 5.02 Å². The van der Waals surface area contributed by atoms with Crippen molar-refractivity contribution < 1.29 is 23.1 Å². The van der Waals surface area contributed by atoms with Crippen molar-refractivity contribution in [1.82, 2.24) is 19.7 Å². The Morgan fingerprint density at radius 2 is 1.95 bits per heavy atom. The molecule has 0 bridgehead atoms. The number of carboxylic acid groups (broad SMARTS) is 1. The van der Waals surface area contributed by atoms with E-state index in [1.54, 1.807) is 36.5 Å². The molecule has 0 aliphatic heterocycles. The van der Waals surface area contributed by atoms with E-state index in [0.29, 0.717) is 34.0 Å². The summed E-state index contributed by atoms with van der Waals surface area (Å²) in [6.45, 7) is 0.489. The highest BCUT2D eigenvalue weighted by Crippen LogP contribution is 2.17. The number of benzene rings is 2. The zero-order valence-corrected chi connectivity index (χ0v) is 22.2. The topological polar surface area (TPSA) is 163 Å². The Morgan fingerprint density at radius 3 is 2.62 bits per heavy atom. The number of H-pyrrole nitrogens is 1. The van der Waals surface area contributed by atoms with Crippen LogP contribution in [0.15, 0.2) is 76.6 Å². The van der Waals surface area contributed by atoms with Gasteiger partial charge in [0.25, 0.3) is 5.56 Å². The van der Waals surface area contributed by atoms with Gasteiger partial charge in [-0.3, -0.25) is 9.59 Å². The fourth-order valence-corrected chi connectivity index (χ4v) is 4.93. The van der Waals surface area contributed by atoms with Gasteiger partial charge in [-0.1, -0.05) is 29.8 Å². The van der Waals surface area contributed by atoms with Gasteiger partial charge in [-0.2, -0.15) is 4.72 Å². The van der Waals surface area contributed by atoms with Crippen LogP contribution >= 0.6 is 11.6 Å². The highest BCUT2D eigenvalue weighted by atomic mass is 35.5. The number of carboxylic acids is 1. The molecule has 11 nitrogen and oxygen atoms in total. The molecule has 13 heteroatoms. The first-order valence-corrected chi connectivity index (χ1v) is 13.4. The van der Waals surface area contributed by atoms with Gasteiger partial charge in [0, 0.05) is 19.2 Å². The predicted molar refractivity (Wildman–Crippen MR) is 148 cm³/mol. The molecule has 0 unspecified atom stereocenters. The van der Waals surface area contributed by atoms with Gasteiger partial charge in [0.1, 0.15) is 23.4 Å². The van der Waals surface area contributed by atoms with Crippen molar-refractivity contribution in [1.29, 1.82) is 0 Å². The fraction of sp³-hybridized carbons (Fsp3) is 0.154. The van der Waals surface area contributed by atoms with Crippen molar-refractivity contribution in [2.75, 3.05) is 19.0 Å². The third-order valence-corrected chi connectivity index (χ3v) is 7.29. The van der Waals surface area contributed by atoms with Crippen molar-refractivity contribution in [3.8, 4) is 5.75 Å². The minimum Gasteiger partial charge on any atom is -0.497 e. The highest BCUT2D eigenvalue weighted by molar-refractivity contribution is 7.89. The molecule has 0 saturated carbocycles. The molecule has 2 aromatic carbocycles. The fourth-order valence-electron chi connectivity index (χ4n) is 3.63. The number of anilines is 1. The standard InChI is InChI=1S/C26H24ClN5O6S/c1-38-18-6-8-19(9-7-18)39(36,37)32-22(26(34)35)14-24-30-21-10-4-16(13-20(21)25(33)31-24)3-2-12-28-23-11-5-17(27)15-29-23/h2-11,13,15,22,32H,12,14H2,1H3,(H,28,29)(H,34,35)(H,30,31,33)/b3-2+/t22-/m0/s1. The van der Waals surface area contributed by atoms with Crippen molar-refractivity contribution >= 4 is 50.4 Å². The van der Waals surface area contributed by atoms with E-state index in [1.165, 1.54) is 31.4 Å². The minimum atomic E-state index is -4.17. The number of fused-ring (bicyclic) bond motifs is 1. The average Bonchev–Trinajstić information content (AvgIpc) is 2.92. The molecule has 0 aliphatic carbocycles. The molecular weight excluding hydrogens is 546 g/mol. The molecule has 0 saturated heterocycles. The molecule has 4 rings (SSSR count). The van der Waals surface area contributed by atoms with Crippen LogP contribution in [0, 0.1) is 0 Å². The number of nitrogens with one attached hydrogen (secondary N) is 3. The monoisotopic (exact) mass is 569 g/mol. The van der Waals surface area contributed by atoms with Crippen LogP contribution in [-0.4, -0.2) is 54.1 Å². The molecule has 39 heavy (non-hydrogen) atoms. The summed E-state index contributed by atoms with van der Waals surface area (Å²) in [5.74, 6) is -0.271. The molecule has 1 atom stereocenters. The number of pyridine rings is 1. The molecule has 0 fully saturated rings. The van der Waals surface area contributed by atoms with Crippen LogP contribution in [0.5, 0.6) is 5.75 Å². The number of ether oxygens (including phenoxy) is 1. The predicted octanol–water partition coefficient (Wildman–Crippen LogP) is 3.08. The number of sulfonamides is 1. The summed E-state index contributed by atoms with van der Waals surface area (Å²) < 4.78 is 32.6. The first kappa shape index (κ1) is 27.8. The Kier molecular flexibility index (Phi) is 8.59. The lowest BCUT2D eigenvalue weighted by Crippen LogP contribution is -2.42. The van der Waals surface area contributed by atoms with Crippen molar-refractivity contribution in [2.45, 2.75) is 17.4 Å². The molecular formula is C26H24ClN5O6S. The Hall–Kier alpha value is -4.26. The molecule has 0 radical (unpaired) electrons. The van der Waals surface area contributed by atoms with Crippen molar-refractivity contribution in [3.63, 3.8) is 0 Å². The van der Waals surface area contributed by atoms with Gasteiger partial charge in [-0.25, -0.2) is 18.4 Å². The second-order valence-electron chi connectivity index (χ2n) is 8.33. The smallest absolute Gasteiger partial charge is 0.322 e. The van der Waals surface area contributed by atoms with Gasteiger partial charge in [-0.05, 0) is 54.1 Å². The molecule has 4 N–H and O–H groups in total. The lowest BCUT2D eigenvalue weighted by Gasteiger charge is -2.15. The third kappa shape index (κ3) is 7.19. The lowest BCUT2D eigenvalue weighted by atomic mass is 10.1. The number of nitrogens with zero attached hydrogens (tertiary/aromatic N) is 2. The van der Waals surface area contributed by atoms with Gasteiger partial charge in [-0.15, -0.1) is 0 Å². The van der Waals surface area contributed by atoms with Crippen LogP contribution < -0.4 is 20.3 Å². The minimum absolute atomic E-state index is 0.0280. The third-order valence-electron chi connectivity index (χ3n) is 5.58. The SMILES string of the molecule is COc1ccc(S(=O)(=O)N[C@@H](Cc2nc3ccc(/C=C/CNc4ccc(Cl)cn4)cc3c(=O)[nH]2)C(=O)O)cc1. The summed E-state index contributed by atoms with van der Waals surface area (Å²) in [5, 5.41) is 13.6. The maximum absolute atomic E-state index is 12.8. The number of methoxy groups -OCH3 is 1. The Bertz CT molecular complexity index is 1670. The van der Waals surface area contributed by atoms with E-state index in [1.807, 2.05) is 12.2 Å². The Labute approximate surface area is 228 Å². The zero-order chi connectivity index (χ0) is 28.0. The zero-order valence-electron chi connectivity index (χ0n) is 20.6. The van der Waals surface area contributed by atoms with Gasteiger partial charge >= 0.3 is 5.97 Å². The summed E-state index contributed by atoms with van der Waals surface area (Å²) >= 11 is 5.82. The molecule has 4 aromatic rings. The second-order valence-corrected chi connectivity index (χ2v) is 10.5. The van der Waals surface area contributed by atoms with E-state index >= 15 is 0 Å². The van der Waals surface area contributed by atoms with Crippen LogP contribution in [0.4, 0.5) is 5.82 Å². The largest absolute Gasteiger partial charge is 0.497 e. The summed E-state index contributed by atoms with van der Waals surface area (Å²) in [6.07, 6.45) is 4.85. The number of rotatable bonds is 11. The quantitative estimate of drug-likeness (QED) is 0.212. The summed E-state index contributed by atoms with van der Waals surface area (Å²) in [7, 11) is -2.73. The number of aliphatic carboxylic acids is 1. The van der Waals surface area contributed by atoms with E-state index in [2.05, 4.69) is 25.0 Å². The number of hydrogen-bond acceptors (Lipinski definition) is 8. The molecule has 0 amide bonds. The summed E-state index contributed by atoms with van der Waals surface area (Å²) in [6, 6.07) is 12.5. The van der Waals surface area contributed by atoms with Crippen LogP contribution in [0.3, 0.4) is 0 Å². The summed E-state index contributed by atoms with van der Waals surface area (Å²) in [5.41, 5.74) is 0.622. The normalized spacial score (nSPS) is 12.5. The van der Waals surface area contributed by atoms with E-state index in [9.17, 15) is 23.1 Å². The second kappa shape index (κ2) is 12.1. The van der Waals surface area contributed by atoms with Crippen molar-refractivity contribution in [3.05, 3.63) is 93.6 Å². The first-order valence-electron chi connectivity index (χ1n) is 11.6. The summed E-state index contributed by atoms with van der Waals surface area (Å²) in [4.78, 5) is 35.5. The highest BCUT2D eigenvalue weighted by Gasteiger charge is 2.27. The van der Waals surface area contributed by atoms with Crippen LogP contribution in [-0.2, 0) is 21.2 Å². The Balaban J connectivity index is 1.47. The first-order chi connectivity index (χ1) is 18.6. The average molecular weight is 570 g/mol. The maximum atomic E-state index is 12.8. The number of carbonyl (C=O) groups is 1.